The van der Waals surface area contributed by atoms with Crippen LogP contribution in [0.3, 0.4) is 0 Å². The van der Waals surface area contributed by atoms with Crippen molar-refractivity contribution in [1.29, 1.82) is 5.26 Å². The maximum atomic E-state index is 12.3. The highest BCUT2D eigenvalue weighted by molar-refractivity contribution is 7.90. The maximum Gasteiger partial charge on any atom is 0.421 e. The number of aryl methyl sites for hydroxylation is 2. The first-order valence-electron chi connectivity index (χ1n) is 11.2. The third-order valence-electron chi connectivity index (χ3n) is 5.62. The van der Waals surface area contributed by atoms with Gasteiger partial charge in [0.2, 0.25) is 0 Å². The molecule has 0 aliphatic rings. The molecule has 184 valence electrons. The quantitative estimate of drug-likeness (QED) is 0.362. The van der Waals surface area contributed by atoms with Crippen LogP contribution >= 0.6 is 11.6 Å². The number of aromatic nitrogens is 2. The van der Waals surface area contributed by atoms with Gasteiger partial charge < -0.3 is 4.74 Å². The number of fused-ring (bicyclic) bond motifs is 1. The Hall–Kier alpha value is -3.87. The standard InChI is InChI=1S/C26H23ClN4O4S/c1-3-25-29-23-14-19(16-28)22(27)15-24(23)31(25)20-8-6-18(7-9-20)12-13-35-26(32)30-36(33,34)21-10-4-17(2)5-11-21/h4-11,14-15H,3,12-13H2,1-2H3,(H,30,32). The van der Waals surface area contributed by atoms with E-state index in [1.54, 1.807) is 24.3 Å². The van der Waals surface area contributed by atoms with E-state index in [1.165, 1.54) is 12.1 Å². The molecule has 4 rings (SSSR count). The molecule has 0 radical (unpaired) electrons. The third-order valence-corrected chi connectivity index (χ3v) is 7.26. The van der Waals surface area contributed by atoms with Crippen LogP contribution < -0.4 is 4.72 Å². The largest absolute Gasteiger partial charge is 0.448 e. The van der Waals surface area contributed by atoms with Gasteiger partial charge in [-0.2, -0.15) is 5.26 Å². The van der Waals surface area contributed by atoms with Crippen LogP contribution in [-0.4, -0.2) is 30.7 Å². The van der Waals surface area contributed by atoms with Crippen LogP contribution in [0.1, 0.15) is 29.4 Å². The lowest BCUT2D eigenvalue weighted by molar-refractivity contribution is 0.154. The van der Waals surface area contributed by atoms with Gasteiger partial charge in [-0.15, -0.1) is 0 Å². The summed E-state index contributed by atoms with van der Waals surface area (Å²) in [5.74, 6) is 0.832. The van der Waals surface area contributed by atoms with E-state index in [1.807, 2.05) is 47.4 Å². The highest BCUT2D eigenvalue weighted by atomic mass is 35.5. The van der Waals surface area contributed by atoms with E-state index in [-0.39, 0.29) is 11.5 Å². The summed E-state index contributed by atoms with van der Waals surface area (Å²) in [6.07, 6.45) is 0.0593. The number of halogens is 1. The van der Waals surface area contributed by atoms with E-state index in [4.69, 9.17) is 16.3 Å². The van der Waals surface area contributed by atoms with Gasteiger partial charge in [0, 0.05) is 18.5 Å². The predicted octanol–water partition coefficient (Wildman–Crippen LogP) is 5.08. The first kappa shape index (κ1) is 25.2. The van der Waals surface area contributed by atoms with Crippen molar-refractivity contribution in [1.82, 2.24) is 14.3 Å². The monoisotopic (exact) mass is 522 g/mol. The van der Waals surface area contributed by atoms with Crippen molar-refractivity contribution in [3.05, 3.63) is 88.2 Å². The van der Waals surface area contributed by atoms with Crippen LogP contribution in [-0.2, 0) is 27.6 Å². The minimum absolute atomic E-state index is 0.00928. The molecule has 1 amide bonds. The Labute approximate surface area is 214 Å². The Balaban J connectivity index is 1.42. The van der Waals surface area contributed by atoms with E-state index >= 15 is 0 Å². The number of hydrogen-bond acceptors (Lipinski definition) is 6. The van der Waals surface area contributed by atoms with Crippen molar-refractivity contribution in [3.63, 3.8) is 0 Å². The minimum atomic E-state index is -3.99. The second-order valence-electron chi connectivity index (χ2n) is 8.12. The lowest BCUT2D eigenvalue weighted by Gasteiger charge is -2.11. The minimum Gasteiger partial charge on any atom is -0.448 e. The Kier molecular flexibility index (Phi) is 7.29. The van der Waals surface area contributed by atoms with Gasteiger partial charge in [-0.3, -0.25) is 4.57 Å². The average molecular weight is 523 g/mol. The number of benzene rings is 3. The lowest BCUT2D eigenvalue weighted by atomic mass is 10.1. The number of hydrogen-bond donors (Lipinski definition) is 1. The zero-order valence-corrected chi connectivity index (χ0v) is 21.2. The molecular weight excluding hydrogens is 500 g/mol. The van der Waals surface area contributed by atoms with Crippen LogP contribution in [0.15, 0.2) is 65.6 Å². The average Bonchev–Trinajstić information content (AvgIpc) is 3.21. The highest BCUT2D eigenvalue weighted by Gasteiger charge is 2.18. The summed E-state index contributed by atoms with van der Waals surface area (Å²) in [4.78, 5) is 16.6. The molecule has 0 aliphatic carbocycles. The lowest BCUT2D eigenvalue weighted by Crippen LogP contribution is -2.31. The molecule has 10 heteroatoms. The molecule has 0 atom stereocenters. The molecular formula is C26H23ClN4O4S. The van der Waals surface area contributed by atoms with Gasteiger partial charge in [-0.25, -0.2) is 22.9 Å². The number of sulfonamides is 1. The molecule has 1 N–H and O–H groups in total. The fraction of sp³-hybridized carbons (Fsp3) is 0.192. The van der Waals surface area contributed by atoms with Gasteiger partial charge in [-0.05, 0) is 48.9 Å². The number of nitrogens with one attached hydrogen (secondary N) is 1. The Morgan fingerprint density at radius 2 is 1.83 bits per heavy atom. The van der Waals surface area contributed by atoms with Crippen molar-refractivity contribution in [3.8, 4) is 11.8 Å². The molecule has 1 heterocycles. The maximum absolute atomic E-state index is 12.3. The molecule has 0 bridgehead atoms. The molecule has 1 aromatic heterocycles. The van der Waals surface area contributed by atoms with Crippen molar-refractivity contribution >= 4 is 38.8 Å². The number of carbonyl (C=O) groups is 1. The first-order chi connectivity index (χ1) is 17.2. The number of imidazole rings is 1. The Bertz CT molecular complexity index is 1570. The molecule has 0 spiro atoms. The SMILES string of the molecule is CCc1nc2cc(C#N)c(Cl)cc2n1-c1ccc(CCOC(=O)NS(=O)(=O)c2ccc(C)cc2)cc1. The summed E-state index contributed by atoms with van der Waals surface area (Å²) in [6.45, 7) is 3.85. The Morgan fingerprint density at radius 3 is 2.47 bits per heavy atom. The molecule has 0 saturated carbocycles. The number of amides is 1. The van der Waals surface area contributed by atoms with Gasteiger partial charge in [-0.1, -0.05) is 48.4 Å². The van der Waals surface area contributed by atoms with Crippen molar-refractivity contribution in [2.45, 2.75) is 31.6 Å². The fourth-order valence-corrected chi connectivity index (χ4v) is 4.84. The summed E-state index contributed by atoms with van der Waals surface area (Å²) < 4.78 is 33.6. The number of rotatable bonds is 7. The van der Waals surface area contributed by atoms with E-state index in [0.717, 1.165) is 28.2 Å². The van der Waals surface area contributed by atoms with Gasteiger partial charge >= 0.3 is 6.09 Å². The van der Waals surface area contributed by atoms with Gasteiger partial charge in [0.15, 0.2) is 0 Å². The van der Waals surface area contributed by atoms with E-state index in [9.17, 15) is 18.5 Å². The van der Waals surface area contributed by atoms with Gasteiger partial charge in [0.05, 0.1) is 33.1 Å². The smallest absolute Gasteiger partial charge is 0.421 e. The predicted molar refractivity (Wildman–Crippen MR) is 137 cm³/mol. The Morgan fingerprint density at radius 1 is 1.14 bits per heavy atom. The fourth-order valence-electron chi connectivity index (χ4n) is 3.75. The zero-order chi connectivity index (χ0) is 25.9. The zero-order valence-electron chi connectivity index (χ0n) is 19.7. The highest BCUT2D eigenvalue weighted by Crippen LogP contribution is 2.27. The molecule has 36 heavy (non-hydrogen) atoms. The van der Waals surface area contributed by atoms with E-state index in [0.29, 0.717) is 28.9 Å². The molecule has 0 unspecified atom stereocenters. The topological polar surface area (TPSA) is 114 Å². The second-order valence-corrected chi connectivity index (χ2v) is 10.2. The summed E-state index contributed by atoms with van der Waals surface area (Å²) in [5, 5.41) is 9.61. The number of nitrogens with zero attached hydrogens (tertiary/aromatic N) is 3. The summed E-state index contributed by atoms with van der Waals surface area (Å²) >= 11 is 6.26. The molecule has 0 aliphatic heterocycles. The number of ether oxygens (including phenoxy) is 1. The van der Waals surface area contributed by atoms with Gasteiger partial charge in [0.25, 0.3) is 10.0 Å². The van der Waals surface area contributed by atoms with Crippen LogP contribution in [0.2, 0.25) is 5.02 Å². The van der Waals surface area contributed by atoms with Crippen LogP contribution in [0.25, 0.3) is 16.7 Å². The molecule has 0 fully saturated rings. The van der Waals surface area contributed by atoms with Gasteiger partial charge in [0.1, 0.15) is 11.9 Å². The number of carbonyl (C=O) groups excluding carboxylic acids is 1. The molecule has 0 saturated heterocycles. The van der Waals surface area contributed by atoms with E-state index < -0.39 is 16.1 Å². The summed E-state index contributed by atoms with van der Waals surface area (Å²) in [5.41, 5.74) is 4.56. The third kappa shape index (κ3) is 5.35. The summed E-state index contributed by atoms with van der Waals surface area (Å²) in [6, 6.07) is 19.3. The van der Waals surface area contributed by atoms with Crippen molar-refractivity contribution < 1.29 is 17.9 Å². The molecule has 8 nitrogen and oxygen atoms in total. The second kappa shape index (κ2) is 10.4. The molecule has 3 aromatic carbocycles. The van der Waals surface area contributed by atoms with Crippen molar-refractivity contribution in [2.24, 2.45) is 0 Å². The first-order valence-corrected chi connectivity index (χ1v) is 13.0. The van der Waals surface area contributed by atoms with E-state index in [2.05, 4.69) is 11.1 Å². The van der Waals surface area contributed by atoms with Crippen LogP contribution in [0, 0.1) is 18.3 Å². The summed E-state index contributed by atoms with van der Waals surface area (Å²) in [7, 11) is -3.99. The normalized spacial score (nSPS) is 11.3. The van der Waals surface area contributed by atoms with Crippen molar-refractivity contribution in [2.75, 3.05) is 6.61 Å². The van der Waals surface area contributed by atoms with Crippen LogP contribution in [0.5, 0.6) is 0 Å². The molecule has 4 aromatic rings. The number of nitriles is 1. The van der Waals surface area contributed by atoms with Crippen LogP contribution in [0.4, 0.5) is 4.79 Å².